The lowest BCUT2D eigenvalue weighted by Gasteiger charge is -2.31. The molecular formula is C19H26ClN5. The number of hydrogen-bond acceptors (Lipinski definition) is 5. The summed E-state index contributed by atoms with van der Waals surface area (Å²) in [5, 5.41) is 15.4. The molecule has 6 heteroatoms. The summed E-state index contributed by atoms with van der Waals surface area (Å²) < 4.78 is 0. The molecule has 25 heavy (non-hydrogen) atoms. The van der Waals surface area contributed by atoms with Crippen LogP contribution >= 0.6 is 11.6 Å². The largest absolute Gasteiger partial charge is 0.397 e. The van der Waals surface area contributed by atoms with Gasteiger partial charge < -0.3 is 27.5 Å². The topological polar surface area (TPSA) is 100.0 Å². The Morgan fingerprint density at radius 3 is 2.32 bits per heavy atom. The lowest BCUT2D eigenvalue weighted by atomic mass is 9.99. The van der Waals surface area contributed by atoms with Crippen molar-refractivity contribution in [3.8, 4) is 0 Å². The number of halogens is 1. The molecule has 1 aromatic rings. The minimum absolute atomic E-state index is 0.297. The molecule has 0 radical (unpaired) electrons. The lowest BCUT2D eigenvalue weighted by Crippen LogP contribution is -2.47. The molecule has 2 atom stereocenters. The number of allylic oxidation sites excluding steroid dienone is 2. The maximum atomic E-state index is 8.11. The van der Waals surface area contributed by atoms with Crippen molar-refractivity contribution in [2.45, 2.75) is 50.7 Å². The van der Waals surface area contributed by atoms with E-state index in [-0.39, 0.29) is 0 Å². The van der Waals surface area contributed by atoms with Crippen LogP contribution in [0.15, 0.2) is 46.8 Å². The molecule has 2 unspecified atom stereocenters. The summed E-state index contributed by atoms with van der Waals surface area (Å²) in [5.74, 6) is 0.433. The highest BCUT2D eigenvalue weighted by molar-refractivity contribution is 6.38. The second-order valence-corrected chi connectivity index (χ2v) is 7.34. The van der Waals surface area contributed by atoms with Crippen LogP contribution in [0.1, 0.15) is 38.2 Å². The first kappa shape index (κ1) is 17.8. The Morgan fingerprint density at radius 2 is 1.76 bits per heavy atom. The molecule has 0 aromatic heterocycles. The minimum Gasteiger partial charge on any atom is -0.397 e. The molecule has 134 valence electrons. The lowest BCUT2D eigenvalue weighted by molar-refractivity contribution is 0.332. The number of hydrogen-bond donors (Lipinski definition) is 5. The smallest absolute Gasteiger partial charge is 0.107 e. The van der Waals surface area contributed by atoms with Gasteiger partial charge in [0, 0.05) is 23.8 Å². The minimum atomic E-state index is 0.297. The quantitative estimate of drug-likeness (QED) is 0.412. The number of rotatable bonds is 5. The van der Waals surface area contributed by atoms with Crippen LogP contribution in [-0.4, -0.2) is 23.8 Å². The SMILES string of the molecule is CC(=N)C(=C(/N)NC1CC2CCC(C1)N2)/C(Cl)=C(\N)c1ccccc1. The second-order valence-electron chi connectivity index (χ2n) is 6.96. The zero-order valence-corrected chi connectivity index (χ0v) is 15.2. The molecule has 0 amide bonds. The first-order chi connectivity index (χ1) is 12.0. The van der Waals surface area contributed by atoms with Gasteiger partial charge in [0.05, 0.1) is 16.3 Å². The van der Waals surface area contributed by atoms with Crippen LogP contribution in [0.3, 0.4) is 0 Å². The predicted molar refractivity (Wildman–Crippen MR) is 104 cm³/mol. The molecule has 1 aromatic carbocycles. The van der Waals surface area contributed by atoms with Crippen molar-refractivity contribution in [3.05, 3.63) is 52.3 Å². The van der Waals surface area contributed by atoms with Gasteiger partial charge in [-0.15, -0.1) is 0 Å². The molecule has 2 heterocycles. The molecule has 2 saturated heterocycles. The van der Waals surface area contributed by atoms with E-state index >= 15 is 0 Å². The van der Waals surface area contributed by atoms with Gasteiger partial charge in [-0.1, -0.05) is 41.9 Å². The molecule has 2 aliphatic rings. The van der Waals surface area contributed by atoms with Gasteiger partial charge in [0.1, 0.15) is 5.82 Å². The van der Waals surface area contributed by atoms with Crippen molar-refractivity contribution in [1.29, 1.82) is 5.41 Å². The Labute approximate surface area is 154 Å². The molecule has 2 bridgehead atoms. The average molecular weight is 360 g/mol. The maximum Gasteiger partial charge on any atom is 0.107 e. The summed E-state index contributed by atoms with van der Waals surface area (Å²) in [6.07, 6.45) is 4.53. The predicted octanol–water partition coefficient (Wildman–Crippen LogP) is 2.64. The summed E-state index contributed by atoms with van der Waals surface area (Å²) in [6, 6.07) is 10.9. The molecule has 5 nitrogen and oxygen atoms in total. The van der Waals surface area contributed by atoms with E-state index in [0.717, 1.165) is 18.4 Å². The van der Waals surface area contributed by atoms with E-state index in [2.05, 4.69) is 10.6 Å². The third kappa shape index (κ3) is 3.99. The van der Waals surface area contributed by atoms with Crippen LogP contribution in [-0.2, 0) is 0 Å². The van der Waals surface area contributed by atoms with Crippen molar-refractivity contribution < 1.29 is 0 Å². The van der Waals surface area contributed by atoms with Gasteiger partial charge in [-0.05, 0) is 38.2 Å². The first-order valence-electron chi connectivity index (χ1n) is 8.74. The highest BCUT2D eigenvalue weighted by Crippen LogP contribution is 2.29. The zero-order chi connectivity index (χ0) is 18.0. The third-order valence-corrected chi connectivity index (χ3v) is 5.41. The summed E-state index contributed by atoms with van der Waals surface area (Å²) >= 11 is 6.53. The fourth-order valence-corrected chi connectivity index (χ4v) is 4.18. The number of nitrogens with two attached hydrogens (primary N) is 2. The van der Waals surface area contributed by atoms with Crippen molar-refractivity contribution in [1.82, 2.24) is 10.6 Å². The van der Waals surface area contributed by atoms with Crippen LogP contribution < -0.4 is 22.1 Å². The van der Waals surface area contributed by atoms with E-state index in [9.17, 15) is 0 Å². The number of nitrogens with one attached hydrogen (secondary N) is 3. The Balaban J connectivity index is 1.86. The van der Waals surface area contributed by atoms with Gasteiger partial charge in [-0.25, -0.2) is 0 Å². The molecule has 0 saturated carbocycles. The maximum absolute atomic E-state index is 8.11. The van der Waals surface area contributed by atoms with Gasteiger partial charge in [-0.3, -0.25) is 0 Å². The number of fused-ring (bicyclic) bond motifs is 2. The molecular weight excluding hydrogens is 334 g/mol. The molecule has 2 aliphatic heterocycles. The van der Waals surface area contributed by atoms with E-state index in [4.69, 9.17) is 28.5 Å². The third-order valence-electron chi connectivity index (χ3n) is 5.02. The summed E-state index contributed by atoms with van der Waals surface area (Å²) in [7, 11) is 0. The summed E-state index contributed by atoms with van der Waals surface area (Å²) in [5.41, 5.74) is 14.6. The van der Waals surface area contributed by atoms with Crippen LogP contribution in [0.2, 0.25) is 0 Å². The molecule has 7 N–H and O–H groups in total. The molecule has 3 rings (SSSR count). The second kappa shape index (κ2) is 7.50. The fraction of sp³-hybridized carbons (Fsp3) is 0.421. The summed E-state index contributed by atoms with van der Waals surface area (Å²) in [4.78, 5) is 0. The van der Waals surface area contributed by atoms with Gasteiger partial charge in [0.2, 0.25) is 0 Å². The average Bonchev–Trinajstić information content (AvgIpc) is 2.93. The van der Waals surface area contributed by atoms with Gasteiger partial charge in [-0.2, -0.15) is 0 Å². The monoisotopic (exact) mass is 359 g/mol. The number of piperidine rings is 1. The van der Waals surface area contributed by atoms with E-state index in [0.29, 0.717) is 46.0 Å². The van der Waals surface area contributed by atoms with Gasteiger partial charge in [0.25, 0.3) is 0 Å². The molecule has 0 spiro atoms. The van der Waals surface area contributed by atoms with Crippen molar-refractivity contribution in [2.75, 3.05) is 0 Å². The van der Waals surface area contributed by atoms with Gasteiger partial charge in [0.15, 0.2) is 0 Å². The number of benzene rings is 1. The van der Waals surface area contributed by atoms with Crippen molar-refractivity contribution >= 4 is 23.0 Å². The fourth-order valence-electron chi connectivity index (χ4n) is 3.83. The zero-order valence-electron chi connectivity index (χ0n) is 14.5. The normalized spacial score (nSPS) is 27.4. The Bertz CT molecular complexity index is 698. The van der Waals surface area contributed by atoms with Gasteiger partial charge >= 0.3 is 0 Å². The van der Waals surface area contributed by atoms with Crippen LogP contribution in [0, 0.1) is 5.41 Å². The van der Waals surface area contributed by atoms with E-state index in [1.165, 1.54) is 12.8 Å². The Kier molecular flexibility index (Phi) is 5.35. The van der Waals surface area contributed by atoms with Crippen LogP contribution in [0.5, 0.6) is 0 Å². The van der Waals surface area contributed by atoms with Crippen molar-refractivity contribution in [2.24, 2.45) is 11.5 Å². The van der Waals surface area contributed by atoms with Crippen LogP contribution in [0.4, 0.5) is 0 Å². The van der Waals surface area contributed by atoms with Crippen molar-refractivity contribution in [3.63, 3.8) is 0 Å². The first-order valence-corrected chi connectivity index (χ1v) is 9.12. The molecule has 2 fully saturated rings. The van der Waals surface area contributed by atoms with E-state index in [1.807, 2.05) is 30.3 Å². The highest BCUT2D eigenvalue weighted by Gasteiger charge is 2.33. The Morgan fingerprint density at radius 1 is 1.16 bits per heavy atom. The van der Waals surface area contributed by atoms with E-state index in [1.54, 1.807) is 6.92 Å². The molecule has 0 aliphatic carbocycles. The van der Waals surface area contributed by atoms with Crippen LogP contribution in [0.25, 0.3) is 5.70 Å². The Hall–Kier alpha value is -1.98. The highest BCUT2D eigenvalue weighted by atomic mass is 35.5. The van der Waals surface area contributed by atoms with E-state index < -0.39 is 0 Å². The summed E-state index contributed by atoms with van der Waals surface area (Å²) in [6.45, 7) is 1.68. The standard InChI is InChI=1S/C19H26ClN5/c1-11(21)16(17(20)18(22)12-5-3-2-4-6-12)19(23)25-15-9-13-7-8-14(10-15)24-13/h2-6,13-15,21,24-25H,7-10,22-23H2,1H3/b18-17+,19-16+,21-11?.